The van der Waals surface area contributed by atoms with E-state index in [1.807, 2.05) is 32.0 Å². The number of likely N-dealkylation sites (N-methyl/N-ethyl adjacent to an activating group) is 1. The Morgan fingerprint density at radius 3 is 2.61 bits per heavy atom. The Labute approximate surface area is 216 Å². The van der Waals surface area contributed by atoms with Gasteiger partial charge >= 0.3 is 0 Å². The van der Waals surface area contributed by atoms with E-state index >= 15 is 0 Å². The second-order valence-corrected chi connectivity index (χ2v) is 10.5. The summed E-state index contributed by atoms with van der Waals surface area (Å²) < 4.78 is 7.26. The number of nitrogens with zero attached hydrogens (tertiary/aromatic N) is 4. The summed E-state index contributed by atoms with van der Waals surface area (Å²) in [7, 11) is 1.53. The number of piperidine rings is 1. The average molecular weight is 512 g/mol. The first-order valence-corrected chi connectivity index (χ1v) is 12.8. The predicted molar refractivity (Wildman–Crippen MR) is 143 cm³/mol. The number of amides is 1. The van der Waals surface area contributed by atoms with Crippen molar-refractivity contribution in [2.75, 3.05) is 31.6 Å². The summed E-state index contributed by atoms with van der Waals surface area (Å²) in [6.45, 7) is 10.1. The Balaban J connectivity index is 1.67. The number of carbonyl (C=O) groups is 1. The highest BCUT2D eigenvalue weighted by Gasteiger charge is 2.24. The molecule has 0 aliphatic carbocycles. The molecule has 1 aliphatic rings. The van der Waals surface area contributed by atoms with Crippen molar-refractivity contribution in [3.05, 3.63) is 57.1 Å². The van der Waals surface area contributed by atoms with Crippen LogP contribution < -0.4 is 20.5 Å². The van der Waals surface area contributed by atoms with Crippen molar-refractivity contribution >= 4 is 34.4 Å². The van der Waals surface area contributed by atoms with Crippen LogP contribution in [0.3, 0.4) is 0 Å². The standard InChI is InChI=1S/C27H34ClN5O3/c1-16(2)33-23-7-6-19(9-20(23)11-24(26(33)35)36-15-25(34)29-5)10-22-21(28)12-30-27(31-22)32-13-17(3)8-18(4)14-32/h6-7,9,11-12,16-18H,8,10,13-15H2,1-5H3,(H,29,34)/t17-,18+. The van der Waals surface area contributed by atoms with Gasteiger partial charge in [-0.15, -0.1) is 0 Å². The number of aromatic nitrogens is 3. The van der Waals surface area contributed by atoms with Crippen LogP contribution in [0.25, 0.3) is 10.9 Å². The highest BCUT2D eigenvalue weighted by atomic mass is 35.5. The van der Waals surface area contributed by atoms with Gasteiger partial charge in [0.05, 0.1) is 22.4 Å². The molecule has 4 rings (SSSR count). The molecule has 0 unspecified atom stereocenters. The van der Waals surface area contributed by atoms with Gasteiger partial charge in [0.15, 0.2) is 12.4 Å². The summed E-state index contributed by atoms with van der Waals surface area (Å²) >= 11 is 6.51. The first-order chi connectivity index (χ1) is 17.2. The van der Waals surface area contributed by atoms with E-state index in [9.17, 15) is 9.59 Å². The second kappa shape index (κ2) is 10.9. The molecule has 9 heteroatoms. The number of hydrogen-bond donors (Lipinski definition) is 1. The van der Waals surface area contributed by atoms with Gasteiger partial charge in [0.1, 0.15) is 0 Å². The lowest BCUT2D eigenvalue weighted by molar-refractivity contribution is -0.122. The first-order valence-electron chi connectivity index (χ1n) is 12.4. The SMILES string of the molecule is CNC(=O)COc1cc2cc(Cc3nc(N4C[C@H](C)C[C@H](C)C4)ncc3Cl)ccc2n(C(C)C)c1=O. The van der Waals surface area contributed by atoms with Gasteiger partial charge in [-0.3, -0.25) is 9.59 Å². The predicted octanol–water partition coefficient (Wildman–Crippen LogP) is 4.22. The maximum Gasteiger partial charge on any atom is 0.293 e. The molecule has 0 saturated carbocycles. The number of fused-ring (bicyclic) bond motifs is 1. The maximum absolute atomic E-state index is 13.0. The van der Waals surface area contributed by atoms with E-state index in [1.165, 1.54) is 13.5 Å². The molecule has 0 spiro atoms. The van der Waals surface area contributed by atoms with Crippen molar-refractivity contribution in [3.63, 3.8) is 0 Å². The zero-order chi connectivity index (χ0) is 26.0. The average Bonchev–Trinajstić information content (AvgIpc) is 2.83. The summed E-state index contributed by atoms with van der Waals surface area (Å²) in [5.74, 6) is 1.75. The smallest absolute Gasteiger partial charge is 0.293 e. The lowest BCUT2D eigenvalue weighted by atomic mass is 9.92. The Morgan fingerprint density at radius 2 is 1.94 bits per heavy atom. The third kappa shape index (κ3) is 5.64. The monoisotopic (exact) mass is 511 g/mol. The molecule has 8 nitrogen and oxygen atoms in total. The van der Waals surface area contributed by atoms with Crippen LogP contribution in [0.4, 0.5) is 5.95 Å². The zero-order valence-corrected chi connectivity index (χ0v) is 22.3. The van der Waals surface area contributed by atoms with Crippen LogP contribution in [0.2, 0.25) is 5.02 Å². The molecule has 1 fully saturated rings. The maximum atomic E-state index is 13.0. The third-order valence-electron chi connectivity index (χ3n) is 6.55. The number of halogens is 1. The normalized spacial score (nSPS) is 18.0. The van der Waals surface area contributed by atoms with Crippen LogP contribution in [0.15, 0.2) is 35.3 Å². The molecule has 1 amide bonds. The summed E-state index contributed by atoms with van der Waals surface area (Å²) in [5.41, 5.74) is 2.31. The van der Waals surface area contributed by atoms with Crippen molar-refractivity contribution < 1.29 is 9.53 Å². The minimum Gasteiger partial charge on any atom is -0.478 e. The molecule has 3 heterocycles. The van der Waals surface area contributed by atoms with Crippen LogP contribution in [0.1, 0.15) is 51.4 Å². The van der Waals surface area contributed by atoms with Gasteiger partial charge in [-0.2, -0.15) is 0 Å². The molecule has 0 bridgehead atoms. The van der Waals surface area contributed by atoms with Gasteiger partial charge < -0.3 is 19.5 Å². The first kappa shape index (κ1) is 25.9. The topological polar surface area (TPSA) is 89.3 Å². The van der Waals surface area contributed by atoms with Crippen LogP contribution >= 0.6 is 11.6 Å². The summed E-state index contributed by atoms with van der Waals surface area (Å²) in [6.07, 6.45) is 3.42. The lowest BCUT2D eigenvalue weighted by Crippen LogP contribution is -2.39. The molecule has 1 saturated heterocycles. The number of carbonyl (C=O) groups excluding carboxylic acids is 1. The summed E-state index contributed by atoms with van der Waals surface area (Å²) in [4.78, 5) is 36.3. The van der Waals surface area contributed by atoms with E-state index in [4.69, 9.17) is 21.3 Å². The molecule has 1 aromatic carbocycles. The Hall–Kier alpha value is -3.13. The fourth-order valence-electron chi connectivity index (χ4n) is 5.00. The van der Waals surface area contributed by atoms with E-state index < -0.39 is 0 Å². The number of hydrogen-bond acceptors (Lipinski definition) is 6. The van der Waals surface area contributed by atoms with Crippen LogP contribution in [0, 0.1) is 11.8 Å². The molecule has 192 valence electrons. The van der Waals surface area contributed by atoms with Crippen LogP contribution in [-0.2, 0) is 11.2 Å². The van der Waals surface area contributed by atoms with E-state index in [0.717, 1.165) is 35.2 Å². The van der Waals surface area contributed by atoms with Gasteiger partial charge in [0.2, 0.25) is 5.95 Å². The van der Waals surface area contributed by atoms with Crippen molar-refractivity contribution in [2.45, 2.75) is 46.6 Å². The molecule has 1 aliphatic heterocycles. The van der Waals surface area contributed by atoms with Gasteiger partial charge in [-0.1, -0.05) is 31.5 Å². The minimum atomic E-state index is -0.300. The largest absolute Gasteiger partial charge is 0.478 e. The van der Waals surface area contributed by atoms with E-state index in [-0.39, 0.29) is 29.9 Å². The van der Waals surface area contributed by atoms with Gasteiger partial charge in [0.25, 0.3) is 11.5 Å². The van der Waals surface area contributed by atoms with E-state index in [0.29, 0.717) is 29.2 Å². The third-order valence-corrected chi connectivity index (χ3v) is 6.86. The van der Waals surface area contributed by atoms with Crippen molar-refractivity contribution in [2.24, 2.45) is 11.8 Å². The molecular formula is C27H34ClN5O3. The highest BCUT2D eigenvalue weighted by Crippen LogP contribution is 2.27. The Bertz CT molecular complexity index is 1310. The molecule has 2 atom stereocenters. The number of rotatable bonds is 7. The van der Waals surface area contributed by atoms with E-state index in [1.54, 1.807) is 16.8 Å². The number of pyridine rings is 1. The highest BCUT2D eigenvalue weighted by molar-refractivity contribution is 6.31. The molecule has 0 radical (unpaired) electrons. The number of nitrogens with one attached hydrogen (secondary N) is 1. The van der Waals surface area contributed by atoms with Crippen molar-refractivity contribution in [1.29, 1.82) is 0 Å². The molecule has 36 heavy (non-hydrogen) atoms. The quantitative estimate of drug-likeness (QED) is 0.510. The zero-order valence-electron chi connectivity index (χ0n) is 21.5. The minimum absolute atomic E-state index is 0.0809. The Morgan fingerprint density at radius 1 is 1.22 bits per heavy atom. The molecular weight excluding hydrogens is 478 g/mol. The Kier molecular flexibility index (Phi) is 7.83. The van der Waals surface area contributed by atoms with Gasteiger partial charge in [-0.25, -0.2) is 9.97 Å². The summed E-state index contributed by atoms with van der Waals surface area (Å²) in [5, 5.41) is 3.87. The fourth-order valence-corrected chi connectivity index (χ4v) is 5.16. The molecule has 2 aromatic heterocycles. The van der Waals surface area contributed by atoms with Crippen LogP contribution in [-0.4, -0.2) is 47.2 Å². The van der Waals surface area contributed by atoms with Crippen LogP contribution in [0.5, 0.6) is 5.75 Å². The molecule has 1 N–H and O–H groups in total. The number of ether oxygens (including phenoxy) is 1. The second-order valence-electron chi connectivity index (χ2n) is 10.1. The van der Waals surface area contributed by atoms with Gasteiger partial charge in [-0.05, 0) is 55.9 Å². The lowest BCUT2D eigenvalue weighted by Gasteiger charge is -2.35. The van der Waals surface area contributed by atoms with Crippen molar-refractivity contribution in [1.82, 2.24) is 19.9 Å². The van der Waals surface area contributed by atoms with Gasteiger partial charge in [0, 0.05) is 38.0 Å². The summed E-state index contributed by atoms with van der Waals surface area (Å²) in [6, 6.07) is 7.58. The number of benzene rings is 1. The fraction of sp³-hybridized carbons (Fsp3) is 0.481. The van der Waals surface area contributed by atoms with E-state index in [2.05, 4.69) is 29.0 Å². The molecule has 3 aromatic rings. The van der Waals surface area contributed by atoms with Crippen molar-refractivity contribution in [3.8, 4) is 5.75 Å². The number of anilines is 1.